The molecule has 0 saturated heterocycles. The van der Waals surface area contributed by atoms with Crippen molar-refractivity contribution >= 4 is 35.3 Å². The summed E-state index contributed by atoms with van der Waals surface area (Å²) in [6, 6.07) is 31.1. The average molecular weight is 509 g/mol. The summed E-state index contributed by atoms with van der Waals surface area (Å²) >= 11 is 1.39. The third kappa shape index (κ3) is 5.65. The van der Waals surface area contributed by atoms with Gasteiger partial charge in [0, 0.05) is 24.1 Å². The third-order valence-corrected chi connectivity index (χ3v) is 7.21. The molecule has 1 aliphatic rings. The fourth-order valence-corrected chi connectivity index (χ4v) is 5.26. The van der Waals surface area contributed by atoms with Gasteiger partial charge in [0.25, 0.3) is 11.8 Å². The first kappa shape index (κ1) is 24.5. The standard InChI is InChI=1S/C31H25FN2O2S/c1-33(20-23-10-6-3-7-11-23)30(35)25-14-17-28-27(19-25)34(21-24-12-15-26(32)16-13-24)31(36)29(37-28)18-22-8-4-2-5-9-22/h2-19H,20-21H2,1H3/b29-18-. The minimum Gasteiger partial charge on any atom is -0.337 e. The maximum absolute atomic E-state index is 13.7. The zero-order valence-electron chi connectivity index (χ0n) is 20.3. The number of hydrogen-bond donors (Lipinski definition) is 0. The molecule has 0 unspecified atom stereocenters. The highest BCUT2D eigenvalue weighted by Crippen LogP contribution is 2.43. The van der Waals surface area contributed by atoms with Crippen molar-refractivity contribution in [3.8, 4) is 0 Å². The molecule has 0 radical (unpaired) electrons. The molecule has 0 fully saturated rings. The summed E-state index contributed by atoms with van der Waals surface area (Å²) in [6.07, 6.45) is 1.88. The number of anilines is 1. The molecule has 0 spiro atoms. The van der Waals surface area contributed by atoms with Crippen molar-refractivity contribution < 1.29 is 14.0 Å². The molecule has 0 saturated carbocycles. The minimum absolute atomic E-state index is 0.128. The molecule has 0 aliphatic carbocycles. The number of hydrogen-bond acceptors (Lipinski definition) is 3. The molecule has 0 bridgehead atoms. The van der Waals surface area contributed by atoms with Gasteiger partial charge >= 0.3 is 0 Å². The van der Waals surface area contributed by atoms with Crippen molar-refractivity contribution in [3.63, 3.8) is 0 Å². The first-order valence-corrected chi connectivity index (χ1v) is 12.7. The Balaban J connectivity index is 1.49. The number of amides is 2. The Kier molecular flexibility index (Phi) is 7.19. The Morgan fingerprint density at radius 1 is 0.892 bits per heavy atom. The second-order valence-corrected chi connectivity index (χ2v) is 9.95. The maximum atomic E-state index is 13.7. The van der Waals surface area contributed by atoms with Crippen molar-refractivity contribution in [2.45, 2.75) is 18.0 Å². The summed E-state index contributed by atoms with van der Waals surface area (Å²) in [5, 5.41) is 0. The molecule has 184 valence electrons. The summed E-state index contributed by atoms with van der Waals surface area (Å²) in [4.78, 5) is 31.8. The van der Waals surface area contributed by atoms with Gasteiger partial charge in [-0.1, -0.05) is 84.6 Å². The van der Waals surface area contributed by atoms with E-state index in [9.17, 15) is 14.0 Å². The van der Waals surface area contributed by atoms with Gasteiger partial charge < -0.3 is 9.80 Å². The molecule has 4 nitrogen and oxygen atoms in total. The molecule has 2 amide bonds. The van der Waals surface area contributed by atoms with Gasteiger partial charge in [0.2, 0.25) is 0 Å². The molecule has 4 aromatic rings. The van der Waals surface area contributed by atoms with Crippen molar-refractivity contribution in [2.75, 3.05) is 11.9 Å². The highest BCUT2D eigenvalue weighted by atomic mass is 32.2. The van der Waals surface area contributed by atoms with Gasteiger partial charge in [-0.15, -0.1) is 0 Å². The molecule has 0 aromatic heterocycles. The molecule has 6 heteroatoms. The zero-order chi connectivity index (χ0) is 25.8. The Morgan fingerprint density at radius 2 is 1.57 bits per heavy atom. The number of thioether (sulfide) groups is 1. The Hall–Kier alpha value is -4.16. The first-order chi connectivity index (χ1) is 18.0. The molecular formula is C31H25FN2O2S. The molecule has 4 aromatic carbocycles. The Morgan fingerprint density at radius 3 is 2.27 bits per heavy atom. The number of benzene rings is 4. The van der Waals surface area contributed by atoms with Crippen LogP contribution < -0.4 is 4.90 Å². The number of halogens is 1. The first-order valence-electron chi connectivity index (χ1n) is 11.9. The number of rotatable bonds is 6. The van der Waals surface area contributed by atoms with Crippen molar-refractivity contribution in [1.82, 2.24) is 4.90 Å². The summed E-state index contributed by atoms with van der Waals surface area (Å²) in [6.45, 7) is 0.740. The van der Waals surface area contributed by atoms with Crippen molar-refractivity contribution in [1.29, 1.82) is 0 Å². The monoisotopic (exact) mass is 508 g/mol. The predicted molar refractivity (Wildman–Crippen MR) is 147 cm³/mol. The molecule has 0 atom stereocenters. The molecule has 37 heavy (non-hydrogen) atoms. The van der Waals surface area contributed by atoms with Crippen LogP contribution in [0.25, 0.3) is 6.08 Å². The maximum Gasteiger partial charge on any atom is 0.265 e. The highest BCUT2D eigenvalue weighted by Gasteiger charge is 2.30. The van der Waals surface area contributed by atoms with E-state index in [0.717, 1.165) is 21.6 Å². The van der Waals surface area contributed by atoms with Gasteiger partial charge in [-0.3, -0.25) is 9.59 Å². The van der Waals surface area contributed by atoms with E-state index in [1.54, 1.807) is 35.0 Å². The highest BCUT2D eigenvalue weighted by molar-refractivity contribution is 8.04. The average Bonchev–Trinajstić information content (AvgIpc) is 2.92. The van der Waals surface area contributed by atoms with Gasteiger partial charge in [0.1, 0.15) is 5.82 Å². The molecule has 5 rings (SSSR count). The quantitative estimate of drug-likeness (QED) is 0.270. The van der Waals surface area contributed by atoms with Gasteiger partial charge in [-0.05, 0) is 53.1 Å². The van der Waals surface area contributed by atoms with Crippen LogP contribution in [0, 0.1) is 5.82 Å². The summed E-state index contributed by atoms with van der Waals surface area (Å²) in [5.74, 6) is -0.618. The smallest absolute Gasteiger partial charge is 0.265 e. The van der Waals surface area contributed by atoms with Crippen molar-refractivity contribution in [2.24, 2.45) is 0 Å². The lowest BCUT2D eigenvalue weighted by Crippen LogP contribution is -2.34. The summed E-state index contributed by atoms with van der Waals surface area (Å²) in [7, 11) is 1.77. The number of fused-ring (bicyclic) bond motifs is 1. The van der Waals surface area contributed by atoms with Crippen molar-refractivity contribution in [3.05, 3.63) is 136 Å². The summed E-state index contributed by atoms with van der Waals surface area (Å²) < 4.78 is 13.5. The van der Waals surface area contributed by atoms with Crippen LogP contribution in [0.2, 0.25) is 0 Å². The number of carbonyl (C=O) groups excluding carboxylic acids is 2. The Bertz CT molecular complexity index is 1450. The Labute approximate surface area is 220 Å². The SMILES string of the molecule is CN(Cc1ccccc1)C(=O)c1ccc2c(c1)N(Cc1ccc(F)cc1)C(=O)/C(=C/c1ccccc1)S2. The lowest BCUT2D eigenvalue weighted by Gasteiger charge is -2.31. The van der Waals surface area contributed by atoms with Crippen LogP contribution in [0.1, 0.15) is 27.0 Å². The van der Waals surface area contributed by atoms with Gasteiger partial charge in [0.15, 0.2) is 0 Å². The lowest BCUT2D eigenvalue weighted by atomic mass is 10.1. The normalized spacial score (nSPS) is 13.9. The summed E-state index contributed by atoms with van der Waals surface area (Å²) in [5.41, 5.74) is 3.94. The van der Waals surface area contributed by atoms with E-state index in [0.29, 0.717) is 22.7 Å². The van der Waals surface area contributed by atoms with Crippen LogP contribution in [0.3, 0.4) is 0 Å². The van der Waals surface area contributed by atoms with E-state index < -0.39 is 0 Å². The van der Waals surface area contributed by atoms with Crippen LogP contribution in [0.15, 0.2) is 113 Å². The molecule has 1 aliphatic heterocycles. The van der Waals surface area contributed by atoms with Crippen LogP contribution in [-0.4, -0.2) is 23.8 Å². The molecular weight excluding hydrogens is 483 g/mol. The van der Waals surface area contributed by atoms with E-state index in [1.165, 1.54) is 23.9 Å². The number of carbonyl (C=O) groups is 2. The molecule has 1 heterocycles. The third-order valence-electron chi connectivity index (χ3n) is 6.13. The molecule has 0 N–H and O–H groups in total. The topological polar surface area (TPSA) is 40.6 Å². The van der Waals surface area contributed by atoms with Crippen LogP contribution in [0.5, 0.6) is 0 Å². The van der Waals surface area contributed by atoms with Gasteiger partial charge in [-0.2, -0.15) is 0 Å². The van der Waals surface area contributed by atoms with E-state index in [4.69, 9.17) is 0 Å². The van der Waals surface area contributed by atoms with E-state index in [2.05, 4.69) is 0 Å². The van der Waals surface area contributed by atoms with Crippen LogP contribution in [0.4, 0.5) is 10.1 Å². The number of nitrogens with zero attached hydrogens (tertiary/aromatic N) is 2. The van der Waals surface area contributed by atoms with Crippen LogP contribution in [-0.2, 0) is 17.9 Å². The van der Waals surface area contributed by atoms with Crippen LogP contribution >= 0.6 is 11.8 Å². The zero-order valence-corrected chi connectivity index (χ0v) is 21.1. The van der Waals surface area contributed by atoms with Gasteiger partial charge in [0.05, 0.1) is 17.1 Å². The van der Waals surface area contributed by atoms with E-state index in [1.807, 2.05) is 78.9 Å². The van der Waals surface area contributed by atoms with Gasteiger partial charge in [-0.25, -0.2) is 4.39 Å². The second-order valence-electron chi connectivity index (χ2n) is 8.87. The lowest BCUT2D eigenvalue weighted by molar-refractivity contribution is -0.114. The van der Waals surface area contributed by atoms with E-state index >= 15 is 0 Å². The fourth-order valence-electron chi connectivity index (χ4n) is 4.22. The largest absolute Gasteiger partial charge is 0.337 e. The van der Waals surface area contributed by atoms with E-state index in [-0.39, 0.29) is 24.2 Å². The predicted octanol–water partition coefficient (Wildman–Crippen LogP) is 6.78. The fraction of sp³-hybridized carbons (Fsp3) is 0.0968. The second kappa shape index (κ2) is 10.8. The minimum atomic E-state index is -0.330.